The molecule has 1 aromatic heterocycles. The van der Waals surface area contributed by atoms with E-state index in [1.807, 2.05) is 19.1 Å². The smallest absolute Gasteiger partial charge is 0.224 e. The number of aliphatic hydroxyl groups is 1. The molecule has 27 heavy (non-hydrogen) atoms. The molecule has 0 atom stereocenters. The maximum atomic E-state index is 14.6. The predicted octanol–water partition coefficient (Wildman–Crippen LogP) is 4.28. The molecule has 0 amide bonds. The number of hydrogen-bond acceptors (Lipinski definition) is 5. The highest BCUT2D eigenvalue weighted by Gasteiger charge is 2.20. The third kappa shape index (κ3) is 4.05. The third-order valence-electron chi connectivity index (χ3n) is 4.17. The lowest BCUT2D eigenvalue weighted by atomic mass is 10.1. The average Bonchev–Trinajstić information content (AvgIpc) is 2.69. The van der Waals surface area contributed by atoms with Gasteiger partial charge in [-0.05, 0) is 47.3 Å². The summed E-state index contributed by atoms with van der Waals surface area (Å²) in [6.07, 6.45) is 1.01. The molecular weight excluding hydrogens is 367 g/mol. The maximum Gasteiger partial charge on any atom is 0.224 e. The molecule has 0 aliphatic carbocycles. The third-order valence-corrected chi connectivity index (χ3v) is 4.35. The second-order valence-corrected chi connectivity index (χ2v) is 6.28. The van der Waals surface area contributed by atoms with Crippen molar-refractivity contribution in [3.63, 3.8) is 0 Å². The minimum absolute atomic E-state index is 0.000864. The van der Waals surface area contributed by atoms with Gasteiger partial charge in [0.25, 0.3) is 0 Å². The molecule has 0 aliphatic heterocycles. The first-order valence-corrected chi connectivity index (χ1v) is 8.55. The number of aromatic nitrogens is 2. The molecule has 7 heteroatoms. The molecule has 0 fully saturated rings. The molecule has 1 heterocycles. The summed E-state index contributed by atoms with van der Waals surface area (Å²) in [6.45, 7) is 1.92. The van der Waals surface area contributed by atoms with E-state index in [-0.39, 0.29) is 24.3 Å². The molecule has 0 unspecified atom stereocenters. The van der Waals surface area contributed by atoms with Crippen molar-refractivity contribution in [2.24, 2.45) is 0 Å². The van der Waals surface area contributed by atoms with Crippen LogP contribution in [0, 0.1) is 24.1 Å². The molecule has 3 rings (SSSR count). The van der Waals surface area contributed by atoms with Crippen molar-refractivity contribution >= 4 is 23.1 Å². The topological polar surface area (TPSA) is 73.0 Å². The van der Waals surface area contributed by atoms with Crippen molar-refractivity contribution in [1.29, 1.82) is 5.26 Å². The Hall–Kier alpha value is -3.01. The number of anilines is 2. The molecular formula is C20H16ClFN4O. The first-order valence-electron chi connectivity index (χ1n) is 8.17. The highest BCUT2D eigenvalue weighted by atomic mass is 35.5. The van der Waals surface area contributed by atoms with Gasteiger partial charge < -0.3 is 10.0 Å². The Kier molecular flexibility index (Phi) is 5.65. The lowest BCUT2D eigenvalue weighted by Crippen LogP contribution is -2.21. The first-order chi connectivity index (χ1) is 13.0. The van der Waals surface area contributed by atoms with Crippen molar-refractivity contribution in [2.45, 2.75) is 20.1 Å². The van der Waals surface area contributed by atoms with E-state index in [9.17, 15) is 14.8 Å². The molecule has 2 aromatic carbocycles. The highest BCUT2D eigenvalue weighted by molar-refractivity contribution is 6.28. The number of benzene rings is 2. The summed E-state index contributed by atoms with van der Waals surface area (Å²) in [5.74, 6) is -0.636. The van der Waals surface area contributed by atoms with Gasteiger partial charge in [-0.1, -0.05) is 30.3 Å². The standard InChI is InChI=1S/C20H16ClFN4O/c1-13-6-7-14(12-27)8-18(13)26(19-17(22)10-24-20(21)25-19)11-16-5-3-2-4-15(16)9-23/h2-8,10,27H,11-12H2,1H3. The molecule has 3 aromatic rings. The van der Waals surface area contributed by atoms with Gasteiger partial charge in [-0.2, -0.15) is 10.2 Å². The summed E-state index contributed by atoms with van der Waals surface area (Å²) in [7, 11) is 0. The van der Waals surface area contributed by atoms with E-state index in [4.69, 9.17) is 11.6 Å². The predicted molar refractivity (Wildman–Crippen MR) is 101 cm³/mol. The van der Waals surface area contributed by atoms with Crippen LogP contribution < -0.4 is 4.90 Å². The number of aryl methyl sites for hydroxylation is 1. The van der Waals surface area contributed by atoms with Crippen LogP contribution in [-0.2, 0) is 13.2 Å². The van der Waals surface area contributed by atoms with Gasteiger partial charge in [0.05, 0.1) is 31.0 Å². The van der Waals surface area contributed by atoms with Crippen LogP contribution >= 0.6 is 11.6 Å². The zero-order valence-electron chi connectivity index (χ0n) is 14.5. The van der Waals surface area contributed by atoms with Gasteiger partial charge in [0.1, 0.15) is 0 Å². The Labute approximate surface area is 161 Å². The van der Waals surface area contributed by atoms with E-state index >= 15 is 0 Å². The summed E-state index contributed by atoms with van der Waals surface area (Å²) < 4.78 is 14.6. The molecule has 136 valence electrons. The fraction of sp³-hybridized carbons (Fsp3) is 0.150. The summed E-state index contributed by atoms with van der Waals surface area (Å²) in [5, 5.41) is 18.8. The van der Waals surface area contributed by atoms with Crippen LogP contribution in [-0.4, -0.2) is 15.1 Å². The SMILES string of the molecule is Cc1ccc(CO)cc1N(Cc1ccccc1C#N)c1nc(Cl)ncc1F. The Morgan fingerprint density at radius 2 is 2.04 bits per heavy atom. The number of nitriles is 1. The minimum Gasteiger partial charge on any atom is -0.392 e. The van der Waals surface area contributed by atoms with Crippen molar-refractivity contribution in [3.05, 3.63) is 82.0 Å². The van der Waals surface area contributed by atoms with Gasteiger partial charge in [-0.25, -0.2) is 9.37 Å². The molecule has 0 aliphatic rings. The first kappa shape index (κ1) is 18.8. The number of nitrogens with zero attached hydrogens (tertiary/aromatic N) is 4. The second kappa shape index (κ2) is 8.12. The van der Waals surface area contributed by atoms with Crippen molar-refractivity contribution in [2.75, 3.05) is 4.90 Å². The summed E-state index contributed by atoms with van der Waals surface area (Å²) in [5.41, 5.74) is 3.38. The van der Waals surface area contributed by atoms with Gasteiger partial charge >= 0.3 is 0 Å². The van der Waals surface area contributed by atoms with Crippen LogP contribution in [0.5, 0.6) is 0 Å². The molecule has 0 spiro atoms. The van der Waals surface area contributed by atoms with Gasteiger partial charge in [0.15, 0.2) is 11.6 Å². The van der Waals surface area contributed by atoms with Crippen LogP contribution in [0.1, 0.15) is 22.3 Å². The number of aliphatic hydroxyl groups excluding tert-OH is 1. The Morgan fingerprint density at radius 1 is 1.26 bits per heavy atom. The summed E-state index contributed by atoms with van der Waals surface area (Å²) in [4.78, 5) is 9.36. The van der Waals surface area contributed by atoms with Crippen molar-refractivity contribution < 1.29 is 9.50 Å². The van der Waals surface area contributed by atoms with Crippen molar-refractivity contribution in [1.82, 2.24) is 9.97 Å². The van der Waals surface area contributed by atoms with E-state index in [0.29, 0.717) is 22.4 Å². The van der Waals surface area contributed by atoms with Gasteiger partial charge in [-0.15, -0.1) is 0 Å². The Morgan fingerprint density at radius 3 is 2.78 bits per heavy atom. The normalized spacial score (nSPS) is 10.5. The van der Waals surface area contributed by atoms with Crippen LogP contribution in [0.4, 0.5) is 15.9 Å². The Bertz CT molecular complexity index is 1020. The largest absolute Gasteiger partial charge is 0.392 e. The summed E-state index contributed by atoms with van der Waals surface area (Å²) in [6, 6.07) is 14.6. The zero-order chi connectivity index (χ0) is 19.4. The van der Waals surface area contributed by atoms with Crippen LogP contribution in [0.2, 0.25) is 5.28 Å². The molecule has 0 bridgehead atoms. The molecule has 5 nitrogen and oxygen atoms in total. The average molecular weight is 383 g/mol. The van der Waals surface area contributed by atoms with Crippen molar-refractivity contribution in [3.8, 4) is 6.07 Å². The molecule has 0 radical (unpaired) electrons. The van der Waals surface area contributed by atoms with Gasteiger partial charge in [-0.3, -0.25) is 0 Å². The fourth-order valence-electron chi connectivity index (χ4n) is 2.78. The van der Waals surface area contributed by atoms with E-state index in [2.05, 4.69) is 16.0 Å². The Balaban J connectivity index is 2.18. The van der Waals surface area contributed by atoms with Crippen LogP contribution in [0.25, 0.3) is 0 Å². The molecule has 1 N–H and O–H groups in total. The quantitative estimate of drug-likeness (QED) is 0.667. The van der Waals surface area contributed by atoms with E-state index in [0.717, 1.165) is 11.8 Å². The number of halogens is 2. The molecule has 0 saturated heterocycles. The van der Waals surface area contributed by atoms with E-state index in [1.54, 1.807) is 35.2 Å². The van der Waals surface area contributed by atoms with Gasteiger partial charge in [0.2, 0.25) is 5.28 Å². The molecule has 0 saturated carbocycles. The summed E-state index contributed by atoms with van der Waals surface area (Å²) >= 11 is 5.90. The lowest BCUT2D eigenvalue weighted by Gasteiger charge is -2.27. The maximum absolute atomic E-state index is 14.6. The van der Waals surface area contributed by atoms with E-state index < -0.39 is 5.82 Å². The van der Waals surface area contributed by atoms with E-state index in [1.165, 1.54) is 0 Å². The lowest BCUT2D eigenvalue weighted by molar-refractivity contribution is 0.282. The fourth-order valence-corrected chi connectivity index (χ4v) is 2.91. The number of rotatable bonds is 5. The van der Waals surface area contributed by atoms with Crippen LogP contribution in [0.15, 0.2) is 48.7 Å². The number of hydrogen-bond donors (Lipinski definition) is 1. The monoisotopic (exact) mass is 382 g/mol. The zero-order valence-corrected chi connectivity index (χ0v) is 15.3. The second-order valence-electron chi connectivity index (χ2n) is 5.94. The van der Waals surface area contributed by atoms with Gasteiger partial charge in [0, 0.05) is 5.69 Å². The van der Waals surface area contributed by atoms with Crippen LogP contribution in [0.3, 0.4) is 0 Å². The minimum atomic E-state index is -0.636. The highest BCUT2D eigenvalue weighted by Crippen LogP contribution is 2.32.